The Morgan fingerprint density at radius 3 is 2.68 bits per heavy atom. The summed E-state index contributed by atoms with van der Waals surface area (Å²) < 4.78 is 0. The highest BCUT2D eigenvalue weighted by molar-refractivity contribution is 5.28. The van der Waals surface area contributed by atoms with E-state index < -0.39 is 0 Å². The molecule has 1 aromatic carbocycles. The van der Waals surface area contributed by atoms with Crippen LogP contribution in [0.25, 0.3) is 0 Å². The first kappa shape index (κ1) is 13.5. The predicted molar refractivity (Wildman–Crippen MR) is 79.0 cm³/mol. The molecule has 2 aromatic rings. The maximum Gasteiger partial charge on any atom is 0.223 e. The number of nitrogens with zero attached hydrogens (tertiary/aromatic N) is 2. The van der Waals surface area contributed by atoms with Crippen molar-refractivity contribution in [3.63, 3.8) is 0 Å². The molecule has 19 heavy (non-hydrogen) atoms. The highest BCUT2D eigenvalue weighted by atomic mass is 15.1. The van der Waals surface area contributed by atoms with E-state index in [1.54, 1.807) is 0 Å². The quantitative estimate of drug-likeness (QED) is 0.764. The van der Waals surface area contributed by atoms with Crippen molar-refractivity contribution in [2.24, 2.45) is 0 Å². The summed E-state index contributed by atoms with van der Waals surface area (Å²) in [6, 6.07) is 12.3. The minimum atomic E-state index is 0.720. The van der Waals surface area contributed by atoms with E-state index >= 15 is 0 Å². The number of hydrogen-bond donors (Lipinski definition) is 1. The van der Waals surface area contributed by atoms with Crippen molar-refractivity contribution in [3.8, 4) is 0 Å². The molecule has 0 unspecified atom stereocenters. The van der Waals surface area contributed by atoms with Crippen molar-refractivity contribution >= 4 is 5.95 Å². The Morgan fingerprint density at radius 1 is 1.05 bits per heavy atom. The number of aromatic nitrogens is 2. The maximum atomic E-state index is 4.54. The summed E-state index contributed by atoms with van der Waals surface area (Å²) in [4.78, 5) is 8.80. The molecule has 0 aliphatic carbocycles. The molecular formula is C16H21N3. The molecule has 1 N–H and O–H groups in total. The summed E-state index contributed by atoms with van der Waals surface area (Å²) in [7, 11) is 0. The molecule has 0 amide bonds. The third kappa shape index (κ3) is 4.70. The van der Waals surface area contributed by atoms with E-state index in [0.29, 0.717) is 0 Å². The van der Waals surface area contributed by atoms with Gasteiger partial charge in [-0.15, -0.1) is 0 Å². The third-order valence-corrected chi connectivity index (χ3v) is 3.04. The van der Waals surface area contributed by atoms with Crippen molar-refractivity contribution in [2.45, 2.75) is 39.2 Å². The number of benzene rings is 1. The summed E-state index contributed by atoms with van der Waals surface area (Å²) in [6.45, 7) is 2.98. The minimum absolute atomic E-state index is 0.720. The second kappa shape index (κ2) is 7.52. The SMILES string of the molecule is CCCCCc1ccnc(NCc2ccccc2)n1. The van der Waals surface area contributed by atoms with E-state index in [9.17, 15) is 0 Å². The zero-order chi connectivity index (χ0) is 13.3. The molecule has 2 rings (SSSR count). The van der Waals surface area contributed by atoms with Crippen LogP contribution in [0.4, 0.5) is 5.95 Å². The van der Waals surface area contributed by atoms with E-state index in [1.165, 1.54) is 24.8 Å². The Bertz CT molecular complexity index is 482. The van der Waals surface area contributed by atoms with Gasteiger partial charge in [-0.25, -0.2) is 9.97 Å². The molecule has 100 valence electrons. The molecule has 0 fully saturated rings. The van der Waals surface area contributed by atoms with Crippen LogP contribution in [0.2, 0.25) is 0 Å². The van der Waals surface area contributed by atoms with Crippen LogP contribution in [0.1, 0.15) is 37.4 Å². The molecule has 0 spiro atoms. The zero-order valence-corrected chi connectivity index (χ0v) is 11.5. The third-order valence-electron chi connectivity index (χ3n) is 3.04. The van der Waals surface area contributed by atoms with Gasteiger partial charge in [0.1, 0.15) is 0 Å². The van der Waals surface area contributed by atoms with Crippen molar-refractivity contribution < 1.29 is 0 Å². The fourth-order valence-electron chi connectivity index (χ4n) is 1.95. The largest absolute Gasteiger partial charge is 0.350 e. The topological polar surface area (TPSA) is 37.8 Å². The van der Waals surface area contributed by atoms with Gasteiger partial charge in [0.15, 0.2) is 0 Å². The molecule has 0 atom stereocenters. The van der Waals surface area contributed by atoms with Gasteiger partial charge in [0.05, 0.1) is 0 Å². The number of rotatable bonds is 7. The normalized spacial score (nSPS) is 10.4. The number of hydrogen-bond acceptors (Lipinski definition) is 3. The van der Waals surface area contributed by atoms with Gasteiger partial charge in [-0.1, -0.05) is 50.1 Å². The summed E-state index contributed by atoms with van der Waals surface area (Å²) in [5, 5.41) is 3.27. The van der Waals surface area contributed by atoms with Gasteiger partial charge in [-0.05, 0) is 24.5 Å². The molecule has 0 aliphatic heterocycles. The van der Waals surface area contributed by atoms with E-state index in [0.717, 1.165) is 24.6 Å². The van der Waals surface area contributed by atoms with Crippen molar-refractivity contribution in [2.75, 3.05) is 5.32 Å². The van der Waals surface area contributed by atoms with Crippen molar-refractivity contribution in [3.05, 3.63) is 53.9 Å². The second-order valence-electron chi connectivity index (χ2n) is 4.67. The molecule has 0 bridgehead atoms. The summed E-state index contributed by atoms with van der Waals surface area (Å²) >= 11 is 0. The lowest BCUT2D eigenvalue weighted by Gasteiger charge is -2.06. The standard InChI is InChI=1S/C16H21N3/c1-2-3-5-10-15-11-12-17-16(19-15)18-13-14-8-6-4-7-9-14/h4,6-9,11-12H,2-3,5,10,13H2,1H3,(H,17,18,19). The number of nitrogens with one attached hydrogen (secondary N) is 1. The lowest BCUT2D eigenvalue weighted by atomic mass is 10.1. The van der Waals surface area contributed by atoms with Gasteiger partial charge < -0.3 is 5.32 Å². The van der Waals surface area contributed by atoms with Crippen molar-refractivity contribution in [1.82, 2.24) is 9.97 Å². The first-order valence-electron chi connectivity index (χ1n) is 6.98. The highest BCUT2D eigenvalue weighted by Crippen LogP contribution is 2.07. The van der Waals surface area contributed by atoms with Gasteiger partial charge in [0, 0.05) is 18.4 Å². The van der Waals surface area contributed by atoms with Gasteiger partial charge >= 0.3 is 0 Å². The van der Waals surface area contributed by atoms with Crippen LogP contribution in [-0.2, 0) is 13.0 Å². The lowest BCUT2D eigenvalue weighted by molar-refractivity contribution is 0.706. The van der Waals surface area contributed by atoms with Gasteiger partial charge in [0.25, 0.3) is 0 Å². The van der Waals surface area contributed by atoms with E-state index in [2.05, 4.69) is 34.3 Å². The van der Waals surface area contributed by atoms with E-state index in [1.807, 2.05) is 30.5 Å². The molecule has 0 aliphatic rings. The van der Waals surface area contributed by atoms with Gasteiger partial charge in [-0.2, -0.15) is 0 Å². The monoisotopic (exact) mass is 255 g/mol. The van der Waals surface area contributed by atoms with E-state index in [-0.39, 0.29) is 0 Å². The van der Waals surface area contributed by atoms with Crippen LogP contribution in [0.15, 0.2) is 42.6 Å². The van der Waals surface area contributed by atoms with Crippen molar-refractivity contribution in [1.29, 1.82) is 0 Å². The number of anilines is 1. The van der Waals surface area contributed by atoms with E-state index in [4.69, 9.17) is 0 Å². The molecule has 3 nitrogen and oxygen atoms in total. The molecule has 1 heterocycles. The Labute approximate surface area is 115 Å². The number of aryl methyl sites for hydroxylation is 1. The van der Waals surface area contributed by atoms with Gasteiger partial charge in [0.2, 0.25) is 5.95 Å². The fraction of sp³-hybridized carbons (Fsp3) is 0.375. The molecule has 0 radical (unpaired) electrons. The first-order valence-corrected chi connectivity index (χ1v) is 6.98. The highest BCUT2D eigenvalue weighted by Gasteiger charge is 1.99. The zero-order valence-electron chi connectivity index (χ0n) is 11.5. The van der Waals surface area contributed by atoms with Crippen LogP contribution < -0.4 is 5.32 Å². The second-order valence-corrected chi connectivity index (χ2v) is 4.67. The Hall–Kier alpha value is -1.90. The summed E-state index contributed by atoms with van der Waals surface area (Å²) in [5.74, 6) is 0.720. The first-order chi connectivity index (χ1) is 9.38. The van der Waals surface area contributed by atoms with Crippen LogP contribution in [0.5, 0.6) is 0 Å². The molecule has 3 heteroatoms. The average molecular weight is 255 g/mol. The minimum Gasteiger partial charge on any atom is -0.350 e. The smallest absolute Gasteiger partial charge is 0.223 e. The number of unbranched alkanes of at least 4 members (excludes halogenated alkanes) is 2. The summed E-state index contributed by atoms with van der Waals surface area (Å²) in [5.41, 5.74) is 2.36. The molecular weight excluding hydrogens is 234 g/mol. The Balaban J connectivity index is 1.88. The maximum absolute atomic E-state index is 4.54. The van der Waals surface area contributed by atoms with Crippen LogP contribution in [-0.4, -0.2) is 9.97 Å². The summed E-state index contributed by atoms with van der Waals surface area (Å²) in [6.07, 6.45) is 6.57. The predicted octanol–water partition coefficient (Wildman–Crippen LogP) is 3.82. The fourth-order valence-corrected chi connectivity index (χ4v) is 1.95. The van der Waals surface area contributed by atoms with Crippen LogP contribution in [0, 0.1) is 0 Å². The van der Waals surface area contributed by atoms with Crippen LogP contribution >= 0.6 is 0 Å². The van der Waals surface area contributed by atoms with Crippen LogP contribution in [0.3, 0.4) is 0 Å². The Morgan fingerprint density at radius 2 is 1.89 bits per heavy atom. The Kier molecular flexibility index (Phi) is 5.35. The molecule has 0 saturated carbocycles. The van der Waals surface area contributed by atoms with Gasteiger partial charge in [-0.3, -0.25) is 0 Å². The molecule has 1 aromatic heterocycles. The molecule has 0 saturated heterocycles. The average Bonchev–Trinajstić information content (AvgIpc) is 2.47. The lowest BCUT2D eigenvalue weighted by Crippen LogP contribution is -2.04.